The Balaban J connectivity index is 1.52. The zero-order chi connectivity index (χ0) is 23.4. The van der Waals surface area contributed by atoms with Crippen LogP contribution in [0.1, 0.15) is 31.3 Å². The number of amides is 1. The number of hydrogen-bond donors (Lipinski definition) is 2. The van der Waals surface area contributed by atoms with Gasteiger partial charge in [0.15, 0.2) is 6.61 Å². The first-order valence-corrected chi connectivity index (χ1v) is 11.1. The van der Waals surface area contributed by atoms with Crippen molar-refractivity contribution in [1.82, 2.24) is 19.9 Å². The van der Waals surface area contributed by atoms with Gasteiger partial charge in [-0.15, -0.1) is 0 Å². The highest BCUT2D eigenvalue weighted by Gasteiger charge is 2.11. The standard InChI is InChI=1S/C26H29N5O2/c1-5-27-26(32)16-33-22-8-6-7-20(13-22)17(2)28-25-15-23(29-18(3)30-25)21-10-9-19-11-12-31(4)24(19)14-21/h6-15,17H,5,16H2,1-4H3,(H,27,32)(H,28,29,30). The molecule has 0 fully saturated rings. The first-order chi connectivity index (χ1) is 15.9. The molecule has 0 aliphatic carbocycles. The van der Waals surface area contributed by atoms with Gasteiger partial charge in [-0.2, -0.15) is 0 Å². The number of hydrogen-bond acceptors (Lipinski definition) is 5. The largest absolute Gasteiger partial charge is 0.484 e. The van der Waals surface area contributed by atoms with Gasteiger partial charge in [0.2, 0.25) is 0 Å². The number of nitrogens with one attached hydrogen (secondary N) is 2. The van der Waals surface area contributed by atoms with Crippen molar-refractivity contribution >= 4 is 22.6 Å². The summed E-state index contributed by atoms with van der Waals surface area (Å²) in [6.45, 7) is 6.43. The maximum Gasteiger partial charge on any atom is 0.257 e. The Morgan fingerprint density at radius 2 is 1.97 bits per heavy atom. The molecule has 33 heavy (non-hydrogen) atoms. The molecular formula is C26H29N5O2. The van der Waals surface area contributed by atoms with E-state index >= 15 is 0 Å². The van der Waals surface area contributed by atoms with Gasteiger partial charge in [-0.05, 0) is 56.0 Å². The van der Waals surface area contributed by atoms with Gasteiger partial charge in [0.25, 0.3) is 5.91 Å². The topological polar surface area (TPSA) is 81.1 Å². The van der Waals surface area contributed by atoms with Crippen LogP contribution in [0.3, 0.4) is 0 Å². The third kappa shape index (κ3) is 5.31. The van der Waals surface area contributed by atoms with E-state index in [-0.39, 0.29) is 18.6 Å². The van der Waals surface area contributed by atoms with Crippen molar-refractivity contribution < 1.29 is 9.53 Å². The Kier molecular flexibility index (Phi) is 6.58. The first kappa shape index (κ1) is 22.3. The van der Waals surface area contributed by atoms with Crippen LogP contribution in [0.4, 0.5) is 5.82 Å². The summed E-state index contributed by atoms with van der Waals surface area (Å²) in [7, 11) is 2.04. The third-order valence-corrected chi connectivity index (χ3v) is 5.49. The lowest BCUT2D eigenvalue weighted by Crippen LogP contribution is -2.28. The summed E-state index contributed by atoms with van der Waals surface area (Å²) in [6.07, 6.45) is 2.06. The minimum absolute atomic E-state index is 0.000938. The second-order valence-corrected chi connectivity index (χ2v) is 8.07. The highest BCUT2D eigenvalue weighted by molar-refractivity contribution is 5.85. The Bertz CT molecular complexity index is 1280. The third-order valence-electron chi connectivity index (χ3n) is 5.49. The summed E-state index contributed by atoms with van der Waals surface area (Å²) in [6, 6.07) is 18.2. The monoisotopic (exact) mass is 443 g/mol. The zero-order valence-electron chi connectivity index (χ0n) is 19.4. The van der Waals surface area contributed by atoms with E-state index in [9.17, 15) is 4.79 Å². The molecule has 0 saturated carbocycles. The van der Waals surface area contributed by atoms with Crippen LogP contribution in [-0.2, 0) is 11.8 Å². The van der Waals surface area contributed by atoms with E-state index < -0.39 is 0 Å². The maximum atomic E-state index is 11.7. The molecule has 2 heterocycles. The van der Waals surface area contributed by atoms with E-state index in [0.29, 0.717) is 18.1 Å². The first-order valence-electron chi connectivity index (χ1n) is 11.1. The summed E-state index contributed by atoms with van der Waals surface area (Å²) in [4.78, 5) is 20.9. The molecule has 1 amide bonds. The van der Waals surface area contributed by atoms with Crippen LogP contribution in [0.15, 0.2) is 60.8 Å². The van der Waals surface area contributed by atoms with Gasteiger partial charge in [0.05, 0.1) is 11.7 Å². The second kappa shape index (κ2) is 9.73. The number of carbonyl (C=O) groups excluding carboxylic acids is 1. The number of benzene rings is 2. The lowest BCUT2D eigenvalue weighted by Gasteiger charge is -2.17. The molecule has 2 aromatic heterocycles. The molecule has 2 N–H and O–H groups in total. The van der Waals surface area contributed by atoms with E-state index in [2.05, 4.69) is 62.6 Å². The lowest BCUT2D eigenvalue weighted by atomic mass is 10.1. The number of aromatic nitrogens is 3. The maximum absolute atomic E-state index is 11.7. The lowest BCUT2D eigenvalue weighted by molar-refractivity contribution is -0.122. The molecule has 0 aliphatic heterocycles. The molecule has 2 aromatic carbocycles. The Morgan fingerprint density at radius 3 is 2.79 bits per heavy atom. The summed E-state index contributed by atoms with van der Waals surface area (Å²) in [5.74, 6) is 1.98. The molecule has 7 nitrogen and oxygen atoms in total. The Hall–Kier alpha value is -3.87. The minimum Gasteiger partial charge on any atom is -0.484 e. The molecule has 0 spiro atoms. The normalized spacial score (nSPS) is 11.9. The van der Waals surface area contributed by atoms with Gasteiger partial charge in [0, 0.05) is 36.9 Å². The zero-order valence-corrected chi connectivity index (χ0v) is 19.4. The van der Waals surface area contributed by atoms with Crippen LogP contribution in [0.2, 0.25) is 0 Å². The Morgan fingerprint density at radius 1 is 1.12 bits per heavy atom. The smallest absolute Gasteiger partial charge is 0.257 e. The molecule has 1 unspecified atom stereocenters. The molecule has 4 rings (SSSR count). The van der Waals surface area contributed by atoms with Crippen LogP contribution in [0, 0.1) is 6.92 Å². The van der Waals surface area contributed by atoms with Gasteiger partial charge in [-0.25, -0.2) is 9.97 Å². The van der Waals surface area contributed by atoms with Crippen LogP contribution in [0.5, 0.6) is 5.75 Å². The van der Waals surface area contributed by atoms with E-state index in [4.69, 9.17) is 4.74 Å². The summed E-state index contributed by atoms with van der Waals surface area (Å²) < 4.78 is 7.73. The molecule has 0 aliphatic rings. The summed E-state index contributed by atoms with van der Waals surface area (Å²) in [5.41, 5.74) is 4.12. The Labute approximate surface area is 193 Å². The van der Waals surface area contributed by atoms with Crippen LogP contribution in [0.25, 0.3) is 22.2 Å². The van der Waals surface area contributed by atoms with Gasteiger partial charge < -0.3 is 19.9 Å². The van der Waals surface area contributed by atoms with E-state index in [1.807, 2.05) is 51.2 Å². The number of ether oxygens (including phenoxy) is 1. The quantitative estimate of drug-likeness (QED) is 0.415. The van der Waals surface area contributed by atoms with Crippen molar-refractivity contribution in [3.8, 4) is 17.0 Å². The predicted molar refractivity (Wildman–Crippen MR) is 131 cm³/mol. The molecule has 0 radical (unpaired) electrons. The average Bonchev–Trinajstić information content (AvgIpc) is 3.18. The molecule has 4 aromatic rings. The van der Waals surface area contributed by atoms with Gasteiger partial charge in [0.1, 0.15) is 17.4 Å². The predicted octanol–water partition coefficient (Wildman–Crippen LogP) is 4.63. The van der Waals surface area contributed by atoms with Gasteiger partial charge in [-0.3, -0.25) is 4.79 Å². The van der Waals surface area contributed by atoms with Crippen LogP contribution < -0.4 is 15.4 Å². The van der Waals surface area contributed by atoms with Crippen molar-refractivity contribution in [3.63, 3.8) is 0 Å². The number of aryl methyl sites for hydroxylation is 2. The number of fused-ring (bicyclic) bond motifs is 1. The van der Waals surface area contributed by atoms with Gasteiger partial charge in [-0.1, -0.05) is 24.3 Å². The molecule has 0 saturated heterocycles. The number of nitrogens with zero attached hydrogens (tertiary/aromatic N) is 3. The fourth-order valence-electron chi connectivity index (χ4n) is 3.79. The molecule has 1 atom stereocenters. The second-order valence-electron chi connectivity index (χ2n) is 8.07. The van der Waals surface area contributed by atoms with Crippen molar-refractivity contribution in [2.24, 2.45) is 7.05 Å². The van der Waals surface area contributed by atoms with Crippen molar-refractivity contribution in [3.05, 3.63) is 72.2 Å². The number of anilines is 1. The molecular weight excluding hydrogens is 414 g/mol. The highest BCUT2D eigenvalue weighted by Crippen LogP contribution is 2.27. The fourth-order valence-corrected chi connectivity index (χ4v) is 3.79. The summed E-state index contributed by atoms with van der Waals surface area (Å²) >= 11 is 0. The SMILES string of the molecule is CCNC(=O)COc1cccc(C(C)Nc2cc(-c3ccc4ccn(C)c4c3)nc(C)n2)c1. The van der Waals surface area contributed by atoms with E-state index in [1.54, 1.807) is 0 Å². The van der Waals surface area contributed by atoms with Gasteiger partial charge >= 0.3 is 0 Å². The van der Waals surface area contributed by atoms with Crippen molar-refractivity contribution in [2.45, 2.75) is 26.8 Å². The number of rotatable bonds is 8. The molecule has 0 bridgehead atoms. The number of likely N-dealkylation sites (N-methyl/N-ethyl adjacent to an activating group) is 1. The summed E-state index contributed by atoms with van der Waals surface area (Å²) in [5, 5.41) is 7.41. The average molecular weight is 444 g/mol. The van der Waals surface area contributed by atoms with Crippen molar-refractivity contribution in [1.29, 1.82) is 0 Å². The molecule has 7 heteroatoms. The number of carbonyl (C=O) groups is 1. The fraction of sp³-hybridized carbons (Fsp3) is 0.269. The highest BCUT2D eigenvalue weighted by atomic mass is 16.5. The van der Waals surface area contributed by atoms with Crippen LogP contribution >= 0.6 is 0 Å². The molecule has 170 valence electrons. The van der Waals surface area contributed by atoms with Crippen molar-refractivity contribution in [2.75, 3.05) is 18.5 Å². The van der Waals surface area contributed by atoms with Crippen LogP contribution in [-0.4, -0.2) is 33.6 Å². The van der Waals surface area contributed by atoms with E-state index in [1.165, 1.54) is 5.39 Å². The van der Waals surface area contributed by atoms with E-state index in [0.717, 1.165) is 28.2 Å². The minimum atomic E-state index is -0.133.